The summed E-state index contributed by atoms with van der Waals surface area (Å²) >= 11 is 3.54. The summed E-state index contributed by atoms with van der Waals surface area (Å²) in [6, 6.07) is 18.7. The van der Waals surface area contributed by atoms with Crippen molar-refractivity contribution < 1.29 is 23.7 Å². The highest BCUT2D eigenvalue weighted by Gasteiger charge is 2.12. The minimum atomic E-state index is -0.298. The highest BCUT2D eigenvalue weighted by molar-refractivity contribution is 9.10. The van der Waals surface area contributed by atoms with Crippen molar-refractivity contribution in [3.8, 4) is 23.0 Å². The Bertz CT molecular complexity index is 1100. The Morgan fingerprint density at radius 1 is 0.938 bits per heavy atom. The lowest BCUT2D eigenvalue weighted by Crippen LogP contribution is -2.09. The number of nitrogens with one attached hydrogen (secondary N) is 1. The molecule has 3 aromatic rings. The Balaban J connectivity index is 1.71. The summed E-state index contributed by atoms with van der Waals surface area (Å²) in [5.41, 5.74) is 2.38. The average Bonchev–Trinajstić information content (AvgIpc) is 2.82. The molecular formula is C25H24BrNO5. The fourth-order valence-corrected chi connectivity index (χ4v) is 3.53. The molecule has 0 aliphatic heterocycles. The molecule has 6 nitrogen and oxygen atoms in total. The van der Waals surface area contributed by atoms with Crippen LogP contribution in [0.5, 0.6) is 23.0 Å². The summed E-state index contributed by atoms with van der Waals surface area (Å²) in [4.78, 5) is 12.4. The first-order valence-corrected chi connectivity index (χ1v) is 10.6. The Morgan fingerprint density at radius 2 is 1.69 bits per heavy atom. The van der Waals surface area contributed by atoms with Crippen LogP contribution in [0, 0.1) is 0 Å². The predicted octanol–water partition coefficient (Wildman–Crippen LogP) is 5.71. The van der Waals surface area contributed by atoms with Crippen molar-refractivity contribution in [2.45, 2.75) is 6.61 Å². The normalized spacial score (nSPS) is 10.6. The second-order valence-corrected chi connectivity index (χ2v) is 7.55. The molecule has 0 atom stereocenters. The van der Waals surface area contributed by atoms with Crippen LogP contribution < -0.4 is 24.3 Å². The van der Waals surface area contributed by atoms with Crippen molar-refractivity contribution in [1.82, 2.24) is 0 Å². The number of hydrogen-bond donors (Lipinski definition) is 1. The van der Waals surface area contributed by atoms with E-state index in [-0.39, 0.29) is 5.91 Å². The van der Waals surface area contributed by atoms with Gasteiger partial charge in [-0.2, -0.15) is 0 Å². The number of carbonyl (C=O) groups excluding carboxylic acids is 1. The lowest BCUT2D eigenvalue weighted by molar-refractivity contribution is -0.111. The van der Waals surface area contributed by atoms with Crippen LogP contribution in [-0.4, -0.2) is 27.2 Å². The van der Waals surface area contributed by atoms with Gasteiger partial charge in [0.1, 0.15) is 18.1 Å². The topological polar surface area (TPSA) is 66.0 Å². The van der Waals surface area contributed by atoms with Gasteiger partial charge in [0.15, 0.2) is 11.5 Å². The van der Waals surface area contributed by atoms with Crippen molar-refractivity contribution >= 4 is 33.6 Å². The zero-order chi connectivity index (χ0) is 22.9. The van der Waals surface area contributed by atoms with Crippen LogP contribution in [0.2, 0.25) is 0 Å². The molecule has 0 bridgehead atoms. The van der Waals surface area contributed by atoms with Crippen molar-refractivity contribution in [3.63, 3.8) is 0 Å². The summed E-state index contributed by atoms with van der Waals surface area (Å²) in [7, 11) is 4.68. The standard InChI is InChI=1S/C25H24BrNO5/c1-29-19-10-11-21(22(15-19)30-2)27-24(28)12-9-18-13-20(26)25(23(14-18)31-3)32-16-17-7-5-4-6-8-17/h4-15H,16H2,1-3H3,(H,27,28)/b12-9+. The van der Waals surface area contributed by atoms with Crippen LogP contribution in [0.15, 0.2) is 71.2 Å². The van der Waals surface area contributed by atoms with E-state index in [2.05, 4.69) is 21.2 Å². The van der Waals surface area contributed by atoms with Crippen LogP contribution in [0.1, 0.15) is 11.1 Å². The molecule has 0 unspecified atom stereocenters. The monoisotopic (exact) mass is 497 g/mol. The third kappa shape index (κ3) is 6.04. The molecule has 0 spiro atoms. The molecule has 3 aromatic carbocycles. The molecule has 0 aromatic heterocycles. The molecule has 0 radical (unpaired) electrons. The van der Waals surface area contributed by atoms with Gasteiger partial charge in [-0.05, 0) is 57.4 Å². The maximum absolute atomic E-state index is 12.4. The Morgan fingerprint density at radius 3 is 2.38 bits per heavy atom. The molecule has 0 aliphatic carbocycles. The minimum Gasteiger partial charge on any atom is -0.497 e. The zero-order valence-corrected chi connectivity index (χ0v) is 19.6. The second-order valence-electron chi connectivity index (χ2n) is 6.70. The molecule has 32 heavy (non-hydrogen) atoms. The van der Waals surface area contributed by atoms with Gasteiger partial charge in [0.25, 0.3) is 0 Å². The van der Waals surface area contributed by atoms with E-state index < -0.39 is 0 Å². The first kappa shape index (κ1) is 23.2. The van der Waals surface area contributed by atoms with Crippen LogP contribution in [0.4, 0.5) is 5.69 Å². The number of halogens is 1. The maximum atomic E-state index is 12.4. The van der Waals surface area contributed by atoms with Gasteiger partial charge < -0.3 is 24.3 Å². The first-order chi connectivity index (χ1) is 15.5. The number of methoxy groups -OCH3 is 3. The molecule has 0 heterocycles. The lowest BCUT2D eigenvalue weighted by Gasteiger charge is -2.14. The van der Waals surface area contributed by atoms with E-state index in [9.17, 15) is 4.79 Å². The smallest absolute Gasteiger partial charge is 0.248 e. The Hall–Kier alpha value is -3.45. The van der Waals surface area contributed by atoms with E-state index in [4.69, 9.17) is 18.9 Å². The first-order valence-electron chi connectivity index (χ1n) is 9.79. The molecule has 1 N–H and O–H groups in total. The van der Waals surface area contributed by atoms with Crippen molar-refractivity contribution in [3.05, 3.63) is 82.3 Å². The number of amides is 1. The second kappa shape index (κ2) is 11.2. The predicted molar refractivity (Wildman–Crippen MR) is 129 cm³/mol. The molecule has 1 amide bonds. The van der Waals surface area contributed by atoms with E-state index in [0.29, 0.717) is 35.3 Å². The van der Waals surface area contributed by atoms with Crippen molar-refractivity contribution in [2.24, 2.45) is 0 Å². The Labute approximate surface area is 195 Å². The maximum Gasteiger partial charge on any atom is 0.248 e. The molecule has 0 saturated heterocycles. The quantitative estimate of drug-likeness (QED) is 0.383. The molecule has 0 saturated carbocycles. The van der Waals surface area contributed by atoms with Crippen LogP contribution >= 0.6 is 15.9 Å². The van der Waals surface area contributed by atoms with Crippen LogP contribution in [0.25, 0.3) is 6.08 Å². The van der Waals surface area contributed by atoms with Crippen molar-refractivity contribution in [2.75, 3.05) is 26.6 Å². The number of benzene rings is 3. The minimum absolute atomic E-state index is 0.298. The molecule has 7 heteroatoms. The van der Waals surface area contributed by atoms with Gasteiger partial charge in [-0.15, -0.1) is 0 Å². The fraction of sp³-hybridized carbons (Fsp3) is 0.160. The van der Waals surface area contributed by atoms with Gasteiger partial charge in [0.2, 0.25) is 5.91 Å². The van der Waals surface area contributed by atoms with Crippen LogP contribution in [0.3, 0.4) is 0 Å². The number of ether oxygens (including phenoxy) is 4. The Kier molecular flexibility index (Phi) is 8.16. The van der Waals surface area contributed by atoms with Gasteiger partial charge in [-0.25, -0.2) is 0 Å². The number of hydrogen-bond acceptors (Lipinski definition) is 5. The average molecular weight is 498 g/mol. The van der Waals surface area contributed by atoms with E-state index in [1.54, 1.807) is 38.5 Å². The third-order valence-corrected chi connectivity index (χ3v) is 5.16. The van der Waals surface area contributed by atoms with Crippen molar-refractivity contribution in [1.29, 1.82) is 0 Å². The largest absolute Gasteiger partial charge is 0.497 e. The van der Waals surface area contributed by atoms with E-state index in [1.807, 2.05) is 42.5 Å². The molecule has 3 rings (SSSR count). The number of carbonyl (C=O) groups is 1. The highest BCUT2D eigenvalue weighted by atomic mass is 79.9. The molecule has 0 aliphatic rings. The molecular weight excluding hydrogens is 474 g/mol. The zero-order valence-electron chi connectivity index (χ0n) is 18.1. The van der Waals surface area contributed by atoms with Gasteiger partial charge in [0, 0.05) is 12.1 Å². The summed E-state index contributed by atoms with van der Waals surface area (Å²) in [6.45, 7) is 0.414. The highest BCUT2D eigenvalue weighted by Crippen LogP contribution is 2.37. The van der Waals surface area contributed by atoms with E-state index in [1.165, 1.54) is 13.2 Å². The van der Waals surface area contributed by atoms with Gasteiger partial charge in [-0.3, -0.25) is 4.79 Å². The number of anilines is 1. The molecule has 0 fully saturated rings. The van der Waals surface area contributed by atoms with E-state index >= 15 is 0 Å². The van der Waals surface area contributed by atoms with Gasteiger partial charge in [-0.1, -0.05) is 30.3 Å². The van der Waals surface area contributed by atoms with Gasteiger partial charge >= 0.3 is 0 Å². The van der Waals surface area contributed by atoms with Gasteiger partial charge in [0.05, 0.1) is 31.5 Å². The molecule has 166 valence electrons. The lowest BCUT2D eigenvalue weighted by atomic mass is 10.1. The van der Waals surface area contributed by atoms with Crippen LogP contribution in [-0.2, 0) is 11.4 Å². The summed E-state index contributed by atoms with van der Waals surface area (Å²) in [6.07, 6.45) is 3.13. The summed E-state index contributed by atoms with van der Waals surface area (Å²) in [5.74, 6) is 2.01. The summed E-state index contributed by atoms with van der Waals surface area (Å²) in [5, 5.41) is 2.80. The SMILES string of the molecule is COc1ccc(NC(=O)/C=C/c2cc(Br)c(OCc3ccccc3)c(OC)c2)c(OC)c1. The summed E-state index contributed by atoms with van der Waals surface area (Å²) < 4.78 is 22.7. The fourth-order valence-electron chi connectivity index (χ4n) is 2.95. The third-order valence-electron chi connectivity index (χ3n) is 4.57. The number of rotatable bonds is 9. The van der Waals surface area contributed by atoms with E-state index in [0.717, 1.165) is 15.6 Å².